The van der Waals surface area contributed by atoms with Crippen LogP contribution in [0.15, 0.2) is 36.2 Å². The molecule has 76 valence electrons. The van der Waals surface area contributed by atoms with Crippen LogP contribution in [0.5, 0.6) is 0 Å². The van der Waals surface area contributed by atoms with Crippen LogP contribution in [-0.4, -0.2) is 6.15 Å². The Bertz CT molecular complexity index is 329. The second-order valence-corrected chi connectivity index (χ2v) is 4.91. The molecule has 0 saturated heterocycles. The van der Waals surface area contributed by atoms with Crippen LogP contribution in [0.25, 0.3) is 5.47 Å². The van der Waals surface area contributed by atoms with Gasteiger partial charge in [-0.2, -0.15) is 25.9 Å². The second-order valence-electron chi connectivity index (χ2n) is 4.91. The Hall–Kier alpha value is -1.05. The van der Waals surface area contributed by atoms with Crippen LogP contribution in [-0.2, 0) is 0 Å². The summed E-state index contributed by atoms with van der Waals surface area (Å²) in [6, 6.07) is 9.77. The maximum Gasteiger partial charge on any atom is 0.0624 e. The molecule has 0 atom stereocenters. The van der Waals surface area contributed by atoms with Crippen molar-refractivity contribution in [2.75, 3.05) is 0 Å². The zero-order chi connectivity index (χ0) is 10.8. The fourth-order valence-corrected chi connectivity index (χ4v) is 1.91. The molecule has 1 aromatic carbocycles. The molecule has 0 heterocycles. The minimum atomic E-state index is -0.798. The number of benzene rings is 1. The van der Waals surface area contributed by atoms with Gasteiger partial charge in [-0.1, -0.05) is 35.9 Å². The number of halogens is 1. The first-order chi connectivity index (χ1) is 6.43. The molecule has 1 aromatic rings. The van der Waals surface area contributed by atoms with Gasteiger partial charge in [-0.25, -0.2) is 4.39 Å². The molecule has 2 heteroatoms. The zero-order valence-corrected chi connectivity index (χ0v) is 9.34. The van der Waals surface area contributed by atoms with Crippen molar-refractivity contribution in [3.8, 4) is 0 Å². The lowest BCUT2D eigenvalue weighted by Gasteiger charge is -2.29. The van der Waals surface area contributed by atoms with Crippen molar-refractivity contribution in [1.29, 1.82) is 0 Å². The Kier molecular flexibility index (Phi) is 3.15. The van der Waals surface area contributed by atoms with Gasteiger partial charge >= 0.3 is 0 Å². The van der Waals surface area contributed by atoms with Gasteiger partial charge < -0.3 is 0 Å². The monoisotopic (exact) mass is 191 g/mol. The molecule has 1 rings (SSSR count). The summed E-state index contributed by atoms with van der Waals surface area (Å²) in [6.07, 6.45) is -0.798. The predicted molar refractivity (Wildman–Crippen MR) is 63.5 cm³/mol. The summed E-state index contributed by atoms with van der Waals surface area (Å²) < 4.78 is 13.4. The van der Waals surface area contributed by atoms with E-state index in [-0.39, 0.29) is 5.83 Å². The van der Waals surface area contributed by atoms with Crippen molar-refractivity contribution in [2.45, 2.75) is 27.4 Å². The highest BCUT2D eigenvalue weighted by Gasteiger charge is 2.15. The lowest BCUT2D eigenvalue weighted by Crippen LogP contribution is -2.23. The lowest BCUT2D eigenvalue weighted by atomic mass is 9.25. The fraction of sp³-hybridized carbons (Fsp3) is 0.333. The fourth-order valence-electron chi connectivity index (χ4n) is 1.91. The molecule has 0 N–H and O–H groups in total. The zero-order valence-electron chi connectivity index (χ0n) is 9.34. The van der Waals surface area contributed by atoms with Crippen LogP contribution in [0, 0.1) is 0 Å². The summed E-state index contributed by atoms with van der Waals surface area (Å²) in [6.45, 7) is 7.80. The maximum absolute atomic E-state index is 13.4. The third-order valence-corrected chi connectivity index (χ3v) is 2.32. The summed E-state index contributed by atoms with van der Waals surface area (Å²) >= 11 is 0. The molecule has 0 fully saturated rings. The largest absolute Gasteiger partial charge is 0.216 e. The minimum absolute atomic E-state index is 0.0660. The van der Waals surface area contributed by atoms with Crippen molar-refractivity contribution in [2.24, 2.45) is 0 Å². The quantitative estimate of drug-likeness (QED) is 0.612. The van der Waals surface area contributed by atoms with Gasteiger partial charge in [-0.15, -0.1) is 0 Å². The van der Waals surface area contributed by atoms with Crippen molar-refractivity contribution in [3.63, 3.8) is 0 Å². The third-order valence-electron chi connectivity index (χ3n) is 2.32. The van der Waals surface area contributed by atoms with E-state index in [9.17, 15) is 4.39 Å². The molecule has 0 nitrogen and oxygen atoms in total. The molecule has 0 aliphatic carbocycles. The van der Waals surface area contributed by atoms with Crippen LogP contribution < -0.4 is 0 Å². The van der Waals surface area contributed by atoms with E-state index in [0.29, 0.717) is 0 Å². The Labute approximate surface area is 85.8 Å². The van der Waals surface area contributed by atoms with Crippen LogP contribution in [0.4, 0.5) is 4.39 Å². The first-order valence-corrected chi connectivity index (χ1v) is 5.12. The highest BCUT2D eigenvalue weighted by Crippen LogP contribution is 2.29. The molecule has 0 bridgehead atoms. The summed E-state index contributed by atoms with van der Waals surface area (Å²) in [5, 5.41) is 0. The van der Waals surface area contributed by atoms with Crippen molar-refractivity contribution in [3.05, 3.63) is 41.7 Å². The van der Waals surface area contributed by atoms with E-state index >= 15 is 0 Å². The van der Waals surface area contributed by atoms with Crippen molar-refractivity contribution < 1.29 is 4.39 Å². The molecule has 14 heavy (non-hydrogen) atoms. The average Bonchev–Trinajstić information content (AvgIpc) is 2.02. The Morgan fingerprint density at radius 3 is 1.93 bits per heavy atom. The normalized spacial score (nSPS) is 13.8. The van der Waals surface area contributed by atoms with E-state index in [1.807, 2.05) is 30.3 Å². The van der Waals surface area contributed by atoms with Gasteiger partial charge in [0.2, 0.25) is 0 Å². The molecule has 0 unspecified atom stereocenters. The van der Waals surface area contributed by atoms with Gasteiger partial charge in [-0.3, -0.25) is 0 Å². The van der Waals surface area contributed by atoms with E-state index in [4.69, 9.17) is 0 Å². The molecular weight excluding hydrogens is 174 g/mol. The summed E-state index contributed by atoms with van der Waals surface area (Å²) in [4.78, 5) is 0. The molecule has 0 amide bonds. The van der Waals surface area contributed by atoms with Gasteiger partial charge in [0.1, 0.15) is 0 Å². The summed E-state index contributed by atoms with van der Waals surface area (Å²) in [7, 11) is 0. The van der Waals surface area contributed by atoms with E-state index in [2.05, 4.69) is 20.5 Å². The molecule has 0 aliphatic heterocycles. The first kappa shape index (κ1) is 11.0. The van der Waals surface area contributed by atoms with E-state index in [1.165, 1.54) is 6.92 Å². The second kappa shape index (κ2) is 3.99. The Balaban J connectivity index is 3.24. The SMILES string of the molecule is C/C(F)=C(\c1ccccc1)[B-](C)(C)C. The topological polar surface area (TPSA) is 0 Å². The van der Waals surface area contributed by atoms with E-state index in [0.717, 1.165) is 11.0 Å². The van der Waals surface area contributed by atoms with Gasteiger partial charge in [0.05, 0.1) is 5.83 Å². The van der Waals surface area contributed by atoms with Crippen LogP contribution in [0.1, 0.15) is 12.5 Å². The number of hydrogen-bond acceptors (Lipinski definition) is 0. The Morgan fingerprint density at radius 2 is 1.57 bits per heavy atom. The van der Waals surface area contributed by atoms with Gasteiger partial charge in [0, 0.05) is 6.15 Å². The number of allylic oxidation sites excluding steroid dienone is 1. The smallest absolute Gasteiger partial charge is 0.0624 e. The van der Waals surface area contributed by atoms with Crippen LogP contribution in [0.2, 0.25) is 20.5 Å². The van der Waals surface area contributed by atoms with E-state index in [1.54, 1.807) is 0 Å². The summed E-state index contributed by atoms with van der Waals surface area (Å²) in [5.74, 6) is -0.0660. The number of hydrogen-bond donors (Lipinski definition) is 0. The molecule has 0 aliphatic rings. The molecule has 0 saturated carbocycles. The molecule has 0 aromatic heterocycles. The van der Waals surface area contributed by atoms with E-state index < -0.39 is 6.15 Å². The van der Waals surface area contributed by atoms with Crippen LogP contribution in [0.3, 0.4) is 0 Å². The molecule has 0 radical (unpaired) electrons. The average molecular weight is 191 g/mol. The minimum Gasteiger partial charge on any atom is -0.216 e. The standard InChI is InChI=1S/C12H17BF/c1-10(14)12(13(2,3)4)11-8-6-5-7-9-11/h5-9H,1-4H3/q-1/b12-10-. The summed E-state index contributed by atoms with van der Waals surface area (Å²) in [5.41, 5.74) is 1.85. The number of rotatable bonds is 2. The maximum atomic E-state index is 13.4. The lowest BCUT2D eigenvalue weighted by molar-refractivity contribution is 0.646. The highest BCUT2D eigenvalue weighted by atomic mass is 19.1. The predicted octanol–water partition coefficient (Wildman–Crippen LogP) is 4.26. The van der Waals surface area contributed by atoms with Crippen LogP contribution >= 0.6 is 0 Å². The van der Waals surface area contributed by atoms with Crippen molar-refractivity contribution >= 4 is 11.6 Å². The molecular formula is C12H17BF-. The van der Waals surface area contributed by atoms with Crippen molar-refractivity contribution in [1.82, 2.24) is 0 Å². The van der Waals surface area contributed by atoms with Gasteiger partial charge in [0.15, 0.2) is 0 Å². The van der Waals surface area contributed by atoms with Gasteiger partial charge in [-0.05, 0) is 6.92 Å². The molecule has 0 spiro atoms. The Morgan fingerprint density at radius 1 is 1.07 bits per heavy atom. The van der Waals surface area contributed by atoms with Gasteiger partial charge in [0.25, 0.3) is 0 Å². The first-order valence-electron chi connectivity index (χ1n) is 5.12. The third kappa shape index (κ3) is 2.47. The highest BCUT2D eigenvalue weighted by molar-refractivity contribution is 6.93.